The molecular formula is C26H27FN4O3. The van der Waals surface area contributed by atoms with Gasteiger partial charge in [0.1, 0.15) is 17.1 Å². The van der Waals surface area contributed by atoms with Gasteiger partial charge in [0.05, 0.1) is 11.9 Å². The fraction of sp³-hybridized carbons (Fsp3) is 0.308. The van der Waals surface area contributed by atoms with Crippen molar-refractivity contribution in [2.24, 2.45) is 0 Å². The van der Waals surface area contributed by atoms with Crippen LogP contribution >= 0.6 is 0 Å². The van der Waals surface area contributed by atoms with Crippen LogP contribution in [0, 0.1) is 5.82 Å². The number of amides is 2. The van der Waals surface area contributed by atoms with Gasteiger partial charge in [-0.3, -0.25) is 14.6 Å². The van der Waals surface area contributed by atoms with Gasteiger partial charge in [0.15, 0.2) is 0 Å². The summed E-state index contributed by atoms with van der Waals surface area (Å²) in [6.45, 7) is 4.36. The molecule has 4 rings (SSSR count). The summed E-state index contributed by atoms with van der Waals surface area (Å²) in [4.78, 5) is 36.5. The maximum Gasteiger partial charge on any atom is 0.252 e. The molecule has 2 heterocycles. The molecule has 3 aromatic rings. The Balaban J connectivity index is 1.43. The summed E-state index contributed by atoms with van der Waals surface area (Å²) in [7, 11) is 0. The van der Waals surface area contributed by atoms with Crippen LogP contribution in [-0.4, -0.2) is 45.3 Å². The fourth-order valence-corrected chi connectivity index (χ4v) is 4.06. The van der Waals surface area contributed by atoms with Crippen molar-refractivity contribution >= 4 is 11.8 Å². The molecule has 0 spiro atoms. The quantitative estimate of drug-likeness (QED) is 0.590. The van der Waals surface area contributed by atoms with Crippen molar-refractivity contribution in [3.8, 4) is 11.6 Å². The molecular weight excluding hydrogens is 435 g/mol. The van der Waals surface area contributed by atoms with Gasteiger partial charge in [-0.2, -0.15) is 0 Å². The van der Waals surface area contributed by atoms with Crippen LogP contribution in [0.4, 0.5) is 4.39 Å². The molecule has 1 N–H and O–H groups in total. The van der Waals surface area contributed by atoms with Crippen molar-refractivity contribution in [1.29, 1.82) is 0 Å². The number of ether oxygens (including phenoxy) is 1. The molecule has 1 aromatic heterocycles. The average molecular weight is 463 g/mol. The van der Waals surface area contributed by atoms with Gasteiger partial charge in [0.25, 0.3) is 5.91 Å². The minimum Gasteiger partial charge on any atom is -0.437 e. The van der Waals surface area contributed by atoms with Crippen LogP contribution in [0.2, 0.25) is 0 Å². The second-order valence-electron chi connectivity index (χ2n) is 8.88. The summed E-state index contributed by atoms with van der Waals surface area (Å²) in [5.41, 5.74) is -0.231. The topological polar surface area (TPSA) is 84.4 Å². The highest BCUT2D eigenvalue weighted by atomic mass is 19.1. The predicted octanol–water partition coefficient (Wildman–Crippen LogP) is 4.32. The van der Waals surface area contributed by atoms with Crippen molar-refractivity contribution in [3.63, 3.8) is 0 Å². The molecule has 2 aromatic carbocycles. The maximum absolute atomic E-state index is 13.5. The first-order valence-electron chi connectivity index (χ1n) is 11.2. The second kappa shape index (κ2) is 9.99. The standard InChI is InChI=1S/C26H27FN4O3/c1-26(2,30-24(32)18-8-6-10-20(27)14-18)25(33)31-13-7-9-19(17-31)22-15-28-16-23(29-22)34-21-11-4-3-5-12-21/h3-6,8,10-12,14-16,19H,7,9,13,17H2,1-2H3,(H,30,32)/t19-/m1/s1. The number of hydrogen-bond acceptors (Lipinski definition) is 5. The number of likely N-dealkylation sites (tertiary alicyclic amines) is 1. The number of rotatable bonds is 6. The number of piperidine rings is 1. The molecule has 2 amide bonds. The van der Waals surface area contributed by atoms with Gasteiger partial charge in [-0.25, -0.2) is 9.37 Å². The van der Waals surface area contributed by atoms with Crippen molar-refractivity contribution < 1.29 is 18.7 Å². The van der Waals surface area contributed by atoms with E-state index in [0.29, 0.717) is 24.7 Å². The number of carbonyl (C=O) groups is 2. The Kier molecular flexibility index (Phi) is 6.86. The van der Waals surface area contributed by atoms with Crippen LogP contribution in [0.1, 0.15) is 48.7 Å². The number of para-hydroxylation sites is 1. The molecule has 34 heavy (non-hydrogen) atoms. The van der Waals surface area contributed by atoms with Gasteiger partial charge in [-0.15, -0.1) is 0 Å². The zero-order chi connectivity index (χ0) is 24.1. The second-order valence-corrected chi connectivity index (χ2v) is 8.88. The maximum atomic E-state index is 13.5. The van der Waals surface area contributed by atoms with E-state index >= 15 is 0 Å². The number of carbonyl (C=O) groups excluding carboxylic acids is 2. The molecule has 1 aliphatic rings. The molecule has 7 nitrogen and oxygen atoms in total. The van der Waals surface area contributed by atoms with Crippen molar-refractivity contribution in [1.82, 2.24) is 20.2 Å². The summed E-state index contributed by atoms with van der Waals surface area (Å²) in [6.07, 6.45) is 4.93. The lowest BCUT2D eigenvalue weighted by atomic mass is 9.92. The summed E-state index contributed by atoms with van der Waals surface area (Å²) in [5.74, 6) is -0.135. The number of benzene rings is 2. The van der Waals surface area contributed by atoms with E-state index in [-0.39, 0.29) is 17.4 Å². The van der Waals surface area contributed by atoms with Crippen LogP contribution < -0.4 is 10.1 Å². The lowest BCUT2D eigenvalue weighted by molar-refractivity contribution is -0.138. The summed E-state index contributed by atoms with van der Waals surface area (Å²) in [6, 6.07) is 14.7. The van der Waals surface area contributed by atoms with E-state index < -0.39 is 17.3 Å². The zero-order valence-electron chi connectivity index (χ0n) is 19.2. The van der Waals surface area contributed by atoms with Crippen molar-refractivity contribution in [2.45, 2.75) is 38.1 Å². The lowest BCUT2D eigenvalue weighted by Crippen LogP contribution is -2.57. The summed E-state index contributed by atoms with van der Waals surface area (Å²) in [5, 5.41) is 2.74. The molecule has 176 valence electrons. The van der Waals surface area contributed by atoms with Crippen LogP contribution in [0.3, 0.4) is 0 Å². The van der Waals surface area contributed by atoms with Crippen LogP contribution in [0.5, 0.6) is 11.6 Å². The zero-order valence-corrected chi connectivity index (χ0v) is 19.2. The van der Waals surface area contributed by atoms with Gasteiger partial charge in [0, 0.05) is 30.8 Å². The van der Waals surface area contributed by atoms with Crippen molar-refractivity contribution in [3.05, 3.63) is 84.1 Å². The molecule has 0 saturated carbocycles. The Bertz CT molecular complexity index is 1170. The van der Waals surface area contributed by atoms with Crippen LogP contribution in [0.25, 0.3) is 0 Å². The molecule has 0 radical (unpaired) electrons. The van der Waals surface area contributed by atoms with Crippen LogP contribution in [0.15, 0.2) is 67.0 Å². The number of nitrogens with zero attached hydrogens (tertiary/aromatic N) is 3. The predicted molar refractivity (Wildman–Crippen MR) is 125 cm³/mol. The number of halogens is 1. The molecule has 0 bridgehead atoms. The third-order valence-electron chi connectivity index (χ3n) is 5.77. The van der Waals surface area contributed by atoms with E-state index in [2.05, 4.69) is 15.3 Å². The molecule has 1 aliphatic heterocycles. The van der Waals surface area contributed by atoms with Gasteiger partial charge in [-0.1, -0.05) is 24.3 Å². The largest absolute Gasteiger partial charge is 0.437 e. The van der Waals surface area contributed by atoms with Crippen LogP contribution in [-0.2, 0) is 4.79 Å². The Morgan fingerprint density at radius 2 is 1.91 bits per heavy atom. The first-order chi connectivity index (χ1) is 16.3. The monoisotopic (exact) mass is 462 g/mol. The number of aromatic nitrogens is 2. The average Bonchev–Trinajstić information content (AvgIpc) is 2.84. The Morgan fingerprint density at radius 1 is 1.12 bits per heavy atom. The van der Waals surface area contributed by atoms with E-state index in [0.717, 1.165) is 24.6 Å². The van der Waals surface area contributed by atoms with Crippen molar-refractivity contribution in [2.75, 3.05) is 13.1 Å². The summed E-state index contributed by atoms with van der Waals surface area (Å²) >= 11 is 0. The lowest BCUT2D eigenvalue weighted by Gasteiger charge is -2.37. The highest BCUT2D eigenvalue weighted by Gasteiger charge is 2.36. The van der Waals surface area contributed by atoms with E-state index in [9.17, 15) is 14.0 Å². The van der Waals surface area contributed by atoms with Gasteiger partial charge in [0.2, 0.25) is 11.8 Å². The van der Waals surface area contributed by atoms with E-state index in [1.165, 1.54) is 18.2 Å². The molecule has 1 saturated heterocycles. The highest BCUT2D eigenvalue weighted by molar-refractivity contribution is 5.99. The Morgan fingerprint density at radius 3 is 2.68 bits per heavy atom. The molecule has 1 fully saturated rings. The minimum absolute atomic E-state index is 0.000700. The first-order valence-corrected chi connectivity index (χ1v) is 11.2. The normalized spacial score (nSPS) is 16.1. The SMILES string of the molecule is CC(C)(NC(=O)c1cccc(F)c1)C(=O)N1CCC[C@@H](c2cncc(Oc3ccccc3)n2)C1. The highest BCUT2D eigenvalue weighted by Crippen LogP contribution is 2.28. The third kappa shape index (κ3) is 5.57. The Hall–Kier alpha value is -3.81. The van der Waals surface area contributed by atoms with Gasteiger partial charge in [-0.05, 0) is 57.0 Å². The first kappa shape index (κ1) is 23.4. The van der Waals surface area contributed by atoms with Gasteiger partial charge >= 0.3 is 0 Å². The number of hydrogen-bond donors (Lipinski definition) is 1. The molecule has 1 atom stereocenters. The van der Waals surface area contributed by atoms with Gasteiger partial charge < -0.3 is 15.0 Å². The molecule has 0 unspecified atom stereocenters. The minimum atomic E-state index is -1.16. The smallest absolute Gasteiger partial charge is 0.252 e. The Labute approximate surface area is 198 Å². The summed E-state index contributed by atoms with van der Waals surface area (Å²) < 4.78 is 19.3. The molecule has 0 aliphatic carbocycles. The number of nitrogens with one attached hydrogen (secondary N) is 1. The van der Waals surface area contributed by atoms with E-state index in [1.54, 1.807) is 31.1 Å². The fourth-order valence-electron chi connectivity index (χ4n) is 4.06. The van der Waals surface area contributed by atoms with E-state index in [4.69, 9.17) is 4.74 Å². The molecule has 8 heteroatoms. The van der Waals surface area contributed by atoms with E-state index in [1.807, 2.05) is 30.3 Å². The third-order valence-corrected chi connectivity index (χ3v) is 5.77.